The lowest BCUT2D eigenvalue weighted by molar-refractivity contribution is -0.152. The number of fused-ring (bicyclic) bond motifs is 2. The van der Waals surface area contributed by atoms with Gasteiger partial charge in [-0.2, -0.15) is 0 Å². The first-order chi connectivity index (χ1) is 11.6. The summed E-state index contributed by atoms with van der Waals surface area (Å²) in [5, 5.41) is 0. The van der Waals surface area contributed by atoms with Crippen molar-refractivity contribution in [2.24, 2.45) is 17.8 Å². The largest absolute Gasteiger partial charge is 0.497 e. The predicted octanol–water partition coefficient (Wildman–Crippen LogP) is 2.82. The molecule has 2 bridgehead atoms. The molecular formula is C19H22O5. The van der Waals surface area contributed by atoms with Crippen molar-refractivity contribution in [3.05, 3.63) is 29.8 Å². The predicted molar refractivity (Wildman–Crippen MR) is 86.8 cm³/mol. The highest BCUT2D eigenvalue weighted by atomic mass is 16.5. The van der Waals surface area contributed by atoms with Gasteiger partial charge in [0.05, 0.1) is 13.0 Å². The highest BCUT2D eigenvalue weighted by molar-refractivity contribution is 5.98. The molecule has 0 heterocycles. The third-order valence-corrected chi connectivity index (χ3v) is 5.14. The van der Waals surface area contributed by atoms with Crippen molar-refractivity contribution in [2.45, 2.75) is 32.1 Å². The third-order valence-electron chi connectivity index (χ3n) is 5.14. The molecule has 0 unspecified atom stereocenters. The lowest BCUT2D eigenvalue weighted by Crippen LogP contribution is -2.39. The van der Waals surface area contributed by atoms with Gasteiger partial charge in [-0.3, -0.25) is 14.4 Å². The summed E-state index contributed by atoms with van der Waals surface area (Å²) in [7, 11) is 1.56. The van der Waals surface area contributed by atoms with Crippen molar-refractivity contribution < 1.29 is 23.9 Å². The van der Waals surface area contributed by atoms with Crippen molar-refractivity contribution in [3.63, 3.8) is 0 Å². The topological polar surface area (TPSA) is 69.7 Å². The van der Waals surface area contributed by atoms with Gasteiger partial charge in [0.2, 0.25) is 0 Å². The number of carbonyl (C=O) groups excluding carboxylic acids is 3. The van der Waals surface area contributed by atoms with Gasteiger partial charge in [-0.25, -0.2) is 0 Å². The highest BCUT2D eigenvalue weighted by Crippen LogP contribution is 2.40. The fraction of sp³-hybridized carbons (Fsp3) is 0.526. The second kappa shape index (κ2) is 7.16. The van der Waals surface area contributed by atoms with Crippen LogP contribution < -0.4 is 4.74 Å². The number of Topliss-reactive ketones (excluding diaryl/α,β-unsaturated/α-hetero) is 2. The number of ketones is 2. The van der Waals surface area contributed by atoms with Gasteiger partial charge < -0.3 is 9.47 Å². The van der Waals surface area contributed by atoms with Crippen LogP contribution in [0.5, 0.6) is 5.75 Å². The zero-order valence-electron chi connectivity index (χ0n) is 13.8. The Bertz CT molecular complexity index is 618. The van der Waals surface area contributed by atoms with E-state index >= 15 is 0 Å². The summed E-state index contributed by atoms with van der Waals surface area (Å²) >= 11 is 0. The summed E-state index contributed by atoms with van der Waals surface area (Å²) in [6.45, 7) is -0.259. The van der Waals surface area contributed by atoms with Gasteiger partial charge in [0.1, 0.15) is 11.5 Å². The van der Waals surface area contributed by atoms with Crippen molar-refractivity contribution >= 4 is 17.5 Å². The molecule has 1 aromatic rings. The number of hydrogen-bond donors (Lipinski definition) is 0. The fourth-order valence-electron chi connectivity index (χ4n) is 3.79. The number of methoxy groups -OCH3 is 1. The lowest BCUT2D eigenvalue weighted by atomic mass is 9.67. The Morgan fingerprint density at radius 1 is 1.08 bits per heavy atom. The van der Waals surface area contributed by atoms with Gasteiger partial charge >= 0.3 is 5.97 Å². The van der Waals surface area contributed by atoms with E-state index in [1.807, 2.05) is 0 Å². The van der Waals surface area contributed by atoms with Crippen molar-refractivity contribution in [2.75, 3.05) is 13.7 Å². The first-order valence-electron chi connectivity index (χ1n) is 8.46. The summed E-state index contributed by atoms with van der Waals surface area (Å²) in [4.78, 5) is 36.4. The lowest BCUT2D eigenvalue weighted by Gasteiger charge is -2.36. The van der Waals surface area contributed by atoms with Crippen molar-refractivity contribution in [3.8, 4) is 5.75 Å². The molecule has 0 N–H and O–H groups in total. The molecule has 2 fully saturated rings. The van der Waals surface area contributed by atoms with Gasteiger partial charge in [0.15, 0.2) is 12.4 Å². The molecule has 0 aromatic heterocycles. The molecule has 2 atom stereocenters. The molecule has 5 nitrogen and oxygen atoms in total. The zero-order chi connectivity index (χ0) is 17.1. The molecule has 5 heteroatoms. The normalized spacial score (nSPS) is 25.9. The van der Waals surface area contributed by atoms with Crippen LogP contribution in [0.1, 0.15) is 42.5 Å². The second-order valence-corrected chi connectivity index (χ2v) is 6.65. The molecule has 24 heavy (non-hydrogen) atoms. The molecule has 0 spiro atoms. The molecule has 0 saturated heterocycles. The molecule has 2 saturated carbocycles. The Morgan fingerprint density at radius 2 is 1.71 bits per heavy atom. The van der Waals surface area contributed by atoms with E-state index in [4.69, 9.17) is 9.47 Å². The summed E-state index contributed by atoms with van der Waals surface area (Å²) in [6, 6.07) is 6.70. The minimum absolute atomic E-state index is 0.00680. The monoisotopic (exact) mass is 330 g/mol. The molecule has 0 amide bonds. The Morgan fingerprint density at radius 3 is 2.29 bits per heavy atom. The van der Waals surface area contributed by atoms with E-state index in [-0.39, 0.29) is 36.1 Å². The summed E-state index contributed by atoms with van der Waals surface area (Å²) in [6.07, 6.45) is 3.97. The van der Waals surface area contributed by atoms with Crippen molar-refractivity contribution in [1.29, 1.82) is 0 Å². The van der Waals surface area contributed by atoms with Crippen LogP contribution in [0, 0.1) is 17.8 Å². The average Bonchev–Trinajstić information content (AvgIpc) is 2.59. The van der Waals surface area contributed by atoms with Crippen LogP contribution in [0.2, 0.25) is 0 Å². The molecule has 2 aliphatic rings. The minimum Gasteiger partial charge on any atom is -0.497 e. The van der Waals surface area contributed by atoms with E-state index in [0.717, 1.165) is 19.3 Å². The third kappa shape index (κ3) is 3.50. The standard InChI is InChI=1S/C19H22O5/c1-23-16-7-5-12(6-8-16)17(20)11-24-19(22)15-9-13-3-2-4-14(10-15)18(13)21/h5-8,13-15H,2-4,9-11H2,1H3/t13-,14-/m1/s1. The quantitative estimate of drug-likeness (QED) is 0.613. The maximum Gasteiger partial charge on any atom is 0.309 e. The Kier molecular flexibility index (Phi) is 4.97. The minimum atomic E-state index is -0.346. The SMILES string of the molecule is COc1ccc(C(=O)COC(=O)C2C[C@H]3CCC[C@H](C2)C3=O)cc1. The van der Waals surface area contributed by atoms with Gasteiger partial charge in [0.25, 0.3) is 0 Å². The fourth-order valence-corrected chi connectivity index (χ4v) is 3.79. The van der Waals surface area contributed by atoms with Crippen LogP contribution in [0.15, 0.2) is 24.3 Å². The number of esters is 1. The first-order valence-corrected chi connectivity index (χ1v) is 8.46. The van der Waals surface area contributed by atoms with Crippen LogP contribution in [0.3, 0.4) is 0 Å². The van der Waals surface area contributed by atoms with Gasteiger partial charge in [-0.15, -0.1) is 0 Å². The van der Waals surface area contributed by atoms with Gasteiger partial charge in [0, 0.05) is 17.4 Å². The molecule has 2 aliphatic carbocycles. The maximum atomic E-state index is 12.3. The molecular weight excluding hydrogens is 308 g/mol. The van der Waals surface area contributed by atoms with Crippen LogP contribution in [0.25, 0.3) is 0 Å². The summed E-state index contributed by atoms with van der Waals surface area (Å²) < 4.78 is 10.3. The Labute approximate surface area is 141 Å². The highest BCUT2D eigenvalue weighted by Gasteiger charge is 2.41. The van der Waals surface area contributed by atoms with Crippen LogP contribution >= 0.6 is 0 Å². The zero-order valence-corrected chi connectivity index (χ0v) is 13.8. The number of hydrogen-bond acceptors (Lipinski definition) is 5. The van der Waals surface area contributed by atoms with Crippen LogP contribution in [0.4, 0.5) is 0 Å². The Hall–Kier alpha value is -2.17. The summed E-state index contributed by atoms with van der Waals surface area (Å²) in [5.74, 6) is 0.169. The van der Waals surface area contributed by atoms with E-state index < -0.39 is 0 Å². The molecule has 128 valence electrons. The van der Waals surface area contributed by atoms with E-state index in [1.165, 1.54) is 0 Å². The maximum absolute atomic E-state index is 12.3. The van der Waals surface area contributed by atoms with Gasteiger partial charge in [-0.1, -0.05) is 6.42 Å². The summed E-state index contributed by atoms with van der Waals surface area (Å²) in [5.41, 5.74) is 0.485. The molecule has 0 aliphatic heterocycles. The smallest absolute Gasteiger partial charge is 0.309 e. The number of ether oxygens (including phenoxy) is 2. The van der Waals surface area contributed by atoms with E-state index in [2.05, 4.69) is 0 Å². The Balaban J connectivity index is 1.53. The number of carbonyl (C=O) groups is 3. The second-order valence-electron chi connectivity index (χ2n) is 6.65. The van der Waals surface area contributed by atoms with Crippen molar-refractivity contribution in [1.82, 2.24) is 0 Å². The average molecular weight is 330 g/mol. The molecule has 0 radical (unpaired) electrons. The van der Waals surface area contributed by atoms with Crippen LogP contribution in [-0.4, -0.2) is 31.3 Å². The number of benzene rings is 1. The van der Waals surface area contributed by atoms with E-state index in [9.17, 15) is 14.4 Å². The number of rotatable bonds is 5. The molecule has 3 rings (SSSR count). The first kappa shape index (κ1) is 16.7. The van der Waals surface area contributed by atoms with E-state index in [1.54, 1.807) is 31.4 Å². The van der Waals surface area contributed by atoms with Crippen LogP contribution in [-0.2, 0) is 14.3 Å². The van der Waals surface area contributed by atoms with Gasteiger partial charge in [-0.05, 0) is 49.9 Å². The molecule has 1 aromatic carbocycles. The van der Waals surface area contributed by atoms with E-state index in [0.29, 0.717) is 29.9 Å².